The molecule has 0 spiro atoms. The number of rotatable bonds is 5. The molecule has 1 aliphatic rings. The van der Waals surface area contributed by atoms with E-state index in [1.54, 1.807) is 0 Å². The highest BCUT2D eigenvalue weighted by Crippen LogP contribution is 2.22. The molecule has 1 heterocycles. The molecule has 0 atom stereocenters. The molecular formula is C19H24N2O. The number of nitrogens with zero attached hydrogens (tertiary/aromatic N) is 1. The summed E-state index contributed by atoms with van der Waals surface area (Å²) in [6, 6.07) is 10.2. The highest BCUT2D eigenvalue weighted by molar-refractivity contribution is 5.79. The van der Waals surface area contributed by atoms with E-state index in [-0.39, 0.29) is 5.91 Å². The minimum absolute atomic E-state index is 0.165. The Labute approximate surface area is 132 Å². The minimum atomic E-state index is 0.165. The van der Waals surface area contributed by atoms with E-state index in [1.165, 1.54) is 32.1 Å². The summed E-state index contributed by atoms with van der Waals surface area (Å²) in [5.74, 6) is 0.860. The molecule has 1 fully saturated rings. The summed E-state index contributed by atoms with van der Waals surface area (Å²) in [6.45, 7) is 0.856. The molecule has 116 valence electrons. The predicted octanol–water partition coefficient (Wildman–Crippen LogP) is 3.86. The number of carbonyl (C=O) groups excluding carboxylic acids is 1. The van der Waals surface area contributed by atoms with E-state index >= 15 is 0 Å². The van der Waals surface area contributed by atoms with Crippen LogP contribution in [0.25, 0.3) is 10.9 Å². The molecule has 1 N–H and O–H groups in total. The van der Waals surface area contributed by atoms with Gasteiger partial charge in [-0.2, -0.15) is 0 Å². The lowest BCUT2D eigenvalue weighted by Crippen LogP contribution is -2.30. The quantitative estimate of drug-likeness (QED) is 0.910. The molecule has 2 aromatic rings. The fourth-order valence-electron chi connectivity index (χ4n) is 3.25. The Kier molecular flexibility index (Phi) is 5.04. The van der Waals surface area contributed by atoms with Gasteiger partial charge in [-0.15, -0.1) is 0 Å². The van der Waals surface area contributed by atoms with Crippen LogP contribution in [0.1, 0.15) is 44.1 Å². The number of aryl methyl sites for hydroxylation is 1. The fourth-order valence-corrected chi connectivity index (χ4v) is 3.25. The molecular weight excluding hydrogens is 272 g/mol. The molecule has 1 saturated carbocycles. The third-order valence-electron chi connectivity index (χ3n) is 4.60. The summed E-state index contributed by atoms with van der Waals surface area (Å²) < 4.78 is 0. The summed E-state index contributed by atoms with van der Waals surface area (Å²) in [5, 5.41) is 4.24. The van der Waals surface area contributed by atoms with E-state index in [0.29, 0.717) is 12.3 Å². The largest absolute Gasteiger partial charge is 0.356 e. The first-order chi connectivity index (χ1) is 10.8. The molecule has 0 saturated heterocycles. The zero-order valence-corrected chi connectivity index (χ0v) is 13.1. The van der Waals surface area contributed by atoms with Crippen molar-refractivity contribution in [1.29, 1.82) is 0 Å². The van der Waals surface area contributed by atoms with Gasteiger partial charge in [0, 0.05) is 24.5 Å². The Hall–Kier alpha value is -1.90. The van der Waals surface area contributed by atoms with Crippen LogP contribution in [0, 0.1) is 5.92 Å². The van der Waals surface area contributed by atoms with Crippen molar-refractivity contribution in [2.24, 2.45) is 5.92 Å². The maximum atomic E-state index is 12.0. The SMILES string of the molecule is O=C(CCc1cnc2ccccc2c1)NCC1CCCCC1. The van der Waals surface area contributed by atoms with Crippen LogP contribution in [0.5, 0.6) is 0 Å². The summed E-state index contributed by atoms with van der Waals surface area (Å²) in [4.78, 5) is 16.4. The van der Waals surface area contributed by atoms with Gasteiger partial charge < -0.3 is 5.32 Å². The number of amides is 1. The van der Waals surface area contributed by atoms with Crippen molar-refractivity contribution in [3.05, 3.63) is 42.1 Å². The first kappa shape index (κ1) is 15.0. The van der Waals surface area contributed by atoms with Crippen LogP contribution in [-0.2, 0) is 11.2 Å². The van der Waals surface area contributed by atoms with E-state index in [9.17, 15) is 4.79 Å². The van der Waals surface area contributed by atoms with Gasteiger partial charge >= 0.3 is 0 Å². The van der Waals surface area contributed by atoms with Crippen LogP contribution in [0.2, 0.25) is 0 Å². The van der Waals surface area contributed by atoms with Crippen LogP contribution < -0.4 is 5.32 Å². The van der Waals surface area contributed by atoms with Gasteiger partial charge in [-0.3, -0.25) is 9.78 Å². The number of nitrogens with one attached hydrogen (secondary N) is 1. The fraction of sp³-hybridized carbons (Fsp3) is 0.474. The topological polar surface area (TPSA) is 42.0 Å². The van der Waals surface area contributed by atoms with Crippen LogP contribution in [-0.4, -0.2) is 17.4 Å². The summed E-state index contributed by atoms with van der Waals surface area (Å²) in [6.07, 6.45) is 9.74. The average molecular weight is 296 g/mol. The lowest BCUT2D eigenvalue weighted by atomic mass is 9.89. The van der Waals surface area contributed by atoms with Gasteiger partial charge in [-0.25, -0.2) is 0 Å². The highest BCUT2D eigenvalue weighted by atomic mass is 16.1. The Morgan fingerprint density at radius 1 is 1.18 bits per heavy atom. The maximum Gasteiger partial charge on any atom is 0.220 e. The summed E-state index contributed by atoms with van der Waals surface area (Å²) in [5.41, 5.74) is 2.14. The summed E-state index contributed by atoms with van der Waals surface area (Å²) >= 11 is 0. The number of para-hydroxylation sites is 1. The number of fused-ring (bicyclic) bond motifs is 1. The Bertz CT molecular complexity index is 632. The van der Waals surface area contributed by atoms with E-state index in [1.807, 2.05) is 24.4 Å². The van der Waals surface area contributed by atoms with Crippen LogP contribution in [0.15, 0.2) is 36.5 Å². The maximum absolute atomic E-state index is 12.0. The lowest BCUT2D eigenvalue weighted by molar-refractivity contribution is -0.121. The van der Waals surface area contributed by atoms with E-state index in [4.69, 9.17) is 0 Å². The van der Waals surface area contributed by atoms with Crippen LogP contribution in [0.3, 0.4) is 0 Å². The van der Waals surface area contributed by atoms with Gasteiger partial charge in [-0.1, -0.05) is 37.5 Å². The molecule has 3 rings (SSSR count). The smallest absolute Gasteiger partial charge is 0.220 e. The molecule has 0 unspecified atom stereocenters. The van der Waals surface area contributed by atoms with E-state index in [0.717, 1.165) is 29.4 Å². The van der Waals surface area contributed by atoms with Crippen molar-refractivity contribution in [2.75, 3.05) is 6.54 Å². The van der Waals surface area contributed by atoms with Gasteiger partial charge in [-0.05, 0) is 42.9 Å². The third kappa shape index (κ3) is 4.06. The number of pyridine rings is 1. The number of benzene rings is 1. The minimum Gasteiger partial charge on any atom is -0.356 e. The second-order valence-corrected chi connectivity index (χ2v) is 6.34. The molecule has 1 aliphatic carbocycles. The summed E-state index contributed by atoms with van der Waals surface area (Å²) in [7, 11) is 0. The van der Waals surface area contributed by atoms with Crippen molar-refractivity contribution in [3.63, 3.8) is 0 Å². The van der Waals surface area contributed by atoms with Gasteiger partial charge in [0.2, 0.25) is 5.91 Å². The van der Waals surface area contributed by atoms with Gasteiger partial charge in [0.15, 0.2) is 0 Å². The zero-order chi connectivity index (χ0) is 15.2. The van der Waals surface area contributed by atoms with Gasteiger partial charge in [0.05, 0.1) is 5.52 Å². The third-order valence-corrected chi connectivity index (χ3v) is 4.60. The Morgan fingerprint density at radius 3 is 2.86 bits per heavy atom. The normalized spacial score (nSPS) is 15.8. The Balaban J connectivity index is 1.47. The molecule has 1 aromatic heterocycles. The van der Waals surface area contributed by atoms with Gasteiger partial charge in [0.25, 0.3) is 0 Å². The molecule has 1 aromatic carbocycles. The number of carbonyl (C=O) groups is 1. The second-order valence-electron chi connectivity index (χ2n) is 6.34. The van der Waals surface area contributed by atoms with Crippen LogP contribution in [0.4, 0.5) is 0 Å². The highest BCUT2D eigenvalue weighted by Gasteiger charge is 2.14. The average Bonchev–Trinajstić information content (AvgIpc) is 2.59. The van der Waals surface area contributed by atoms with E-state index in [2.05, 4.69) is 22.4 Å². The van der Waals surface area contributed by atoms with Crippen molar-refractivity contribution in [3.8, 4) is 0 Å². The number of aromatic nitrogens is 1. The molecule has 3 nitrogen and oxygen atoms in total. The molecule has 22 heavy (non-hydrogen) atoms. The second kappa shape index (κ2) is 7.39. The monoisotopic (exact) mass is 296 g/mol. The molecule has 1 amide bonds. The molecule has 0 bridgehead atoms. The predicted molar refractivity (Wildman–Crippen MR) is 89.6 cm³/mol. The van der Waals surface area contributed by atoms with Crippen LogP contribution >= 0.6 is 0 Å². The molecule has 0 radical (unpaired) electrons. The lowest BCUT2D eigenvalue weighted by Gasteiger charge is -2.21. The standard InChI is InChI=1S/C19H24N2O/c22-19(21-13-15-6-2-1-3-7-15)11-10-16-12-17-8-4-5-9-18(17)20-14-16/h4-5,8-9,12,14-15H,1-3,6-7,10-11,13H2,(H,21,22). The Morgan fingerprint density at radius 2 is 2.00 bits per heavy atom. The number of hydrogen-bond acceptors (Lipinski definition) is 2. The van der Waals surface area contributed by atoms with Crippen molar-refractivity contribution < 1.29 is 4.79 Å². The van der Waals surface area contributed by atoms with Crippen molar-refractivity contribution in [1.82, 2.24) is 10.3 Å². The van der Waals surface area contributed by atoms with E-state index < -0.39 is 0 Å². The zero-order valence-electron chi connectivity index (χ0n) is 13.1. The first-order valence-corrected chi connectivity index (χ1v) is 8.41. The molecule has 0 aliphatic heterocycles. The van der Waals surface area contributed by atoms with Crippen molar-refractivity contribution >= 4 is 16.8 Å². The molecule has 3 heteroatoms. The first-order valence-electron chi connectivity index (χ1n) is 8.41. The number of hydrogen-bond donors (Lipinski definition) is 1. The van der Waals surface area contributed by atoms with Gasteiger partial charge in [0.1, 0.15) is 0 Å². The van der Waals surface area contributed by atoms with Crippen molar-refractivity contribution in [2.45, 2.75) is 44.9 Å².